The Morgan fingerprint density at radius 2 is 2.06 bits per heavy atom. The second-order valence-electron chi connectivity index (χ2n) is 3.48. The summed E-state index contributed by atoms with van der Waals surface area (Å²) in [5.41, 5.74) is 5.96. The number of hydrogen-bond acceptors (Lipinski definition) is 4. The lowest BCUT2D eigenvalue weighted by Crippen LogP contribution is -2.05. The zero-order chi connectivity index (χ0) is 11.7. The number of allylic oxidation sites excluding steroid dienone is 2. The molecule has 1 aliphatic heterocycles. The van der Waals surface area contributed by atoms with Crippen LogP contribution in [0.1, 0.15) is 0 Å². The van der Waals surface area contributed by atoms with Gasteiger partial charge in [-0.3, -0.25) is 0 Å². The minimum Gasteiger partial charge on any atom is -0.383 e. The van der Waals surface area contributed by atoms with E-state index >= 15 is 0 Å². The largest absolute Gasteiger partial charge is 0.383 e. The molecular formula is C11H11N5S. The number of hydrogen-bond donors (Lipinski definition) is 2. The number of nitrogens with zero attached hydrogens (tertiary/aromatic N) is 4. The highest BCUT2D eigenvalue weighted by Gasteiger charge is 2.10. The maximum absolute atomic E-state index is 5.96. The average Bonchev–Trinajstić information content (AvgIpc) is 3.02. The molecule has 1 aliphatic rings. The molecule has 0 spiro atoms. The van der Waals surface area contributed by atoms with Crippen LogP contribution in [0.5, 0.6) is 0 Å². The third-order valence-corrected chi connectivity index (χ3v) is 4.26. The van der Waals surface area contributed by atoms with Crippen LogP contribution in [-0.4, -0.2) is 19.7 Å². The van der Waals surface area contributed by atoms with Crippen LogP contribution in [0.4, 0.5) is 5.82 Å². The SMILES string of the molecule is Nc1nc(-n2cccn2)ncc1[SH]1C=CC=C1. The summed E-state index contributed by atoms with van der Waals surface area (Å²) in [6, 6.07) is 1.82. The van der Waals surface area contributed by atoms with Crippen LogP contribution in [-0.2, 0) is 0 Å². The van der Waals surface area contributed by atoms with Gasteiger partial charge in [0, 0.05) is 18.6 Å². The normalized spacial score (nSPS) is 15.6. The van der Waals surface area contributed by atoms with Crippen molar-refractivity contribution in [1.82, 2.24) is 19.7 Å². The molecule has 0 saturated carbocycles. The Morgan fingerprint density at radius 3 is 2.71 bits per heavy atom. The Kier molecular flexibility index (Phi) is 2.41. The van der Waals surface area contributed by atoms with Crippen molar-refractivity contribution < 1.29 is 0 Å². The fraction of sp³-hybridized carbons (Fsp3) is 0. The first-order valence-corrected chi connectivity index (χ1v) is 6.58. The highest BCUT2D eigenvalue weighted by molar-refractivity contribution is 8.22. The van der Waals surface area contributed by atoms with Gasteiger partial charge in [0.05, 0.1) is 4.90 Å². The predicted octanol–water partition coefficient (Wildman–Crippen LogP) is 1.65. The third kappa shape index (κ3) is 1.83. The summed E-state index contributed by atoms with van der Waals surface area (Å²) >= 11 is 0. The summed E-state index contributed by atoms with van der Waals surface area (Å²) in [6.07, 6.45) is 9.29. The molecule has 5 nitrogen and oxygen atoms in total. The van der Waals surface area contributed by atoms with E-state index in [-0.39, 0.29) is 0 Å². The lowest BCUT2D eigenvalue weighted by Gasteiger charge is -2.12. The number of rotatable bonds is 2. The molecule has 6 heteroatoms. The maximum atomic E-state index is 5.96. The van der Waals surface area contributed by atoms with Gasteiger partial charge in [-0.2, -0.15) is 21.0 Å². The lowest BCUT2D eigenvalue weighted by molar-refractivity contribution is 0.804. The fourth-order valence-corrected chi connectivity index (χ4v) is 3.07. The second-order valence-corrected chi connectivity index (χ2v) is 5.37. The summed E-state index contributed by atoms with van der Waals surface area (Å²) in [4.78, 5) is 9.55. The van der Waals surface area contributed by atoms with Crippen LogP contribution in [0.2, 0.25) is 0 Å². The van der Waals surface area contributed by atoms with E-state index < -0.39 is 10.9 Å². The molecule has 17 heavy (non-hydrogen) atoms. The summed E-state index contributed by atoms with van der Waals surface area (Å²) in [6.45, 7) is 0. The van der Waals surface area contributed by atoms with Gasteiger partial charge in [0.1, 0.15) is 5.82 Å². The van der Waals surface area contributed by atoms with Gasteiger partial charge in [-0.15, -0.1) is 0 Å². The predicted molar refractivity (Wildman–Crippen MR) is 69.1 cm³/mol. The molecule has 2 N–H and O–H groups in total. The third-order valence-electron chi connectivity index (χ3n) is 2.38. The molecular weight excluding hydrogens is 234 g/mol. The van der Waals surface area contributed by atoms with Gasteiger partial charge in [-0.25, -0.2) is 9.67 Å². The van der Waals surface area contributed by atoms with Crippen molar-refractivity contribution in [2.45, 2.75) is 4.90 Å². The molecule has 3 heterocycles. The molecule has 86 valence electrons. The summed E-state index contributed by atoms with van der Waals surface area (Å²) in [7, 11) is -0.472. The average molecular weight is 245 g/mol. The van der Waals surface area contributed by atoms with Crippen molar-refractivity contribution >= 4 is 16.7 Å². The number of aromatic nitrogens is 4. The number of nitrogens with two attached hydrogens (primary N) is 1. The Morgan fingerprint density at radius 1 is 1.24 bits per heavy atom. The summed E-state index contributed by atoms with van der Waals surface area (Å²) < 4.78 is 1.59. The fourth-order valence-electron chi connectivity index (χ4n) is 1.57. The van der Waals surface area contributed by atoms with Crippen LogP contribution in [0.15, 0.2) is 52.5 Å². The van der Waals surface area contributed by atoms with E-state index in [2.05, 4.69) is 25.9 Å². The van der Waals surface area contributed by atoms with E-state index in [1.807, 2.05) is 18.2 Å². The second kappa shape index (κ2) is 4.06. The van der Waals surface area contributed by atoms with E-state index in [9.17, 15) is 0 Å². The molecule has 3 rings (SSSR count). The molecule has 0 aromatic carbocycles. The molecule has 0 aliphatic carbocycles. The van der Waals surface area contributed by atoms with Crippen molar-refractivity contribution in [2.24, 2.45) is 0 Å². The molecule has 0 radical (unpaired) electrons. The smallest absolute Gasteiger partial charge is 0.252 e. The minimum absolute atomic E-state index is 0.472. The molecule has 0 amide bonds. The van der Waals surface area contributed by atoms with Gasteiger partial charge in [-0.05, 0) is 16.9 Å². The van der Waals surface area contributed by atoms with E-state index in [0.29, 0.717) is 11.8 Å². The molecule has 2 aromatic heterocycles. The van der Waals surface area contributed by atoms with E-state index in [1.54, 1.807) is 23.3 Å². The van der Waals surface area contributed by atoms with Crippen LogP contribution < -0.4 is 5.73 Å². The van der Waals surface area contributed by atoms with Crippen LogP contribution in [0.25, 0.3) is 5.95 Å². The topological polar surface area (TPSA) is 69.6 Å². The van der Waals surface area contributed by atoms with Gasteiger partial charge in [0.25, 0.3) is 5.95 Å². The number of thiol groups is 1. The lowest BCUT2D eigenvalue weighted by atomic mass is 10.6. The van der Waals surface area contributed by atoms with Gasteiger partial charge < -0.3 is 5.73 Å². The van der Waals surface area contributed by atoms with Crippen LogP contribution in [0.3, 0.4) is 0 Å². The first-order chi connectivity index (χ1) is 8.34. The molecule has 0 saturated heterocycles. The van der Waals surface area contributed by atoms with Gasteiger partial charge >= 0.3 is 0 Å². The van der Waals surface area contributed by atoms with E-state index in [0.717, 1.165) is 4.90 Å². The van der Waals surface area contributed by atoms with Crippen molar-refractivity contribution in [2.75, 3.05) is 5.73 Å². The Balaban J connectivity index is 1.99. The Labute approximate surface area is 101 Å². The molecule has 2 aromatic rings. The molecule has 0 unspecified atom stereocenters. The van der Waals surface area contributed by atoms with Crippen molar-refractivity contribution in [1.29, 1.82) is 0 Å². The Bertz CT molecular complexity index is 576. The first-order valence-electron chi connectivity index (χ1n) is 5.10. The summed E-state index contributed by atoms with van der Waals surface area (Å²) in [5.74, 6) is 1.02. The van der Waals surface area contributed by atoms with Crippen molar-refractivity contribution in [3.05, 3.63) is 47.6 Å². The Hall–Kier alpha value is -2.08. The van der Waals surface area contributed by atoms with E-state index in [1.165, 1.54) is 0 Å². The van der Waals surface area contributed by atoms with Gasteiger partial charge in [0.2, 0.25) is 0 Å². The molecule has 0 fully saturated rings. The molecule has 0 atom stereocenters. The van der Waals surface area contributed by atoms with Crippen molar-refractivity contribution in [3.63, 3.8) is 0 Å². The van der Waals surface area contributed by atoms with Crippen molar-refractivity contribution in [3.8, 4) is 5.95 Å². The monoisotopic (exact) mass is 245 g/mol. The number of nitrogen functional groups attached to an aromatic ring is 1. The highest BCUT2D eigenvalue weighted by atomic mass is 32.2. The molecule has 0 bridgehead atoms. The zero-order valence-corrected chi connectivity index (χ0v) is 9.83. The first kappa shape index (κ1) is 10.1. The van der Waals surface area contributed by atoms with Crippen LogP contribution in [0, 0.1) is 0 Å². The highest BCUT2D eigenvalue weighted by Crippen LogP contribution is 2.43. The number of anilines is 1. The van der Waals surface area contributed by atoms with Gasteiger partial charge in [-0.1, -0.05) is 12.2 Å². The summed E-state index contributed by atoms with van der Waals surface area (Å²) in [5, 5.41) is 8.31. The van der Waals surface area contributed by atoms with E-state index in [4.69, 9.17) is 5.73 Å². The van der Waals surface area contributed by atoms with Gasteiger partial charge in [0.15, 0.2) is 0 Å². The minimum atomic E-state index is -0.472. The standard InChI is InChI=1S/C11H11N5S/c12-10-9(17-6-1-2-7-17)8-13-11(15-10)16-5-3-4-14-16/h1-8,17H,(H2,12,13,15). The zero-order valence-electron chi connectivity index (χ0n) is 8.93. The van der Waals surface area contributed by atoms with Crippen LogP contribution >= 0.6 is 10.9 Å². The quantitative estimate of drug-likeness (QED) is 0.789. The maximum Gasteiger partial charge on any atom is 0.252 e.